The van der Waals surface area contributed by atoms with Crippen molar-refractivity contribution in [3.8, 4) is 0 Å². The number of carbonyl (C=O) groups excluding carboxylic acids is 3. The summed E-state index contributed by atoms with van der Waals surface area (Å²) in [5.41, 5.74) is 2.11. The number of carbonyl (C=O) groups is 3. The predicted molar refractivity (Wildman–Crippen MR) is 149 cm³/mol. The Kier molecular flexibility index (Phi) is 13.8. The van der Waals surface area contributed by atoms with Gasteiger partial charge in [-0.15, -0.1) is 0 Å². The Morgan fingerprint density at radius 1 is 0.949 bits per heavy atom. The zero-order valence-electron chi connectivity index (χ0n) is 22.3. The van der Waals surface area contributed by atoms with E-state index in [9.17, 15) is 18.9 Å². The number of hydrogen-bond acceptors (Lipinski definition) is 8. The number of rotatable bonds is 16. The highest BCUT2D eigenvalue weighted by molar-refractivity contribution is 7.39. The van der Waals surface area contributed by atoms with Crippen molar-refractivity contribution < 1.29 is 32.9 Å². The lowest BCUT2D eigenvalue weighted by Gasteiger charge is -2.17. The Bertz CT molecular complexity index is 1050. The molecular formula is C29H39N2O7P. The third-order valence-corrected chi connectivity index (χ3v) is 7.71. The lowest BCUT2D eigenvalue weighted by atomic mass is 10.1. The number of amides is 1. The van der Waals surface area contributed by atoms with Crippen LogP contribution in [0.2, 0.25) is 0 Å². The first-order valence-electron chi connectivity index (χ1n) is 13.7. The van der Waals surface area contributed by atoms with Crippen LogP contribution in [-0.2, 0) is 41.2 Å². The van der Waals surface area contributed by atoms with Gasteiger partial charge in [0.05, 0.1) is 0 Å². The van der Waals surface area contributed by atoms with E-state index in [0.29, 0.717) is 44.9 Å². The molecule has 0 bridgehead atoms. The molecule has 2 aromatic carbocycles. The second kappa shape index (κ2) is 17.6. The number of aryl methyl sites for hydroxylation is 1. The number of alkyl carbamates (subject to hydrolysis) is 1. The highest BCUT2D eigenvalue weighted by atomic mass is 31.1. The summed E-state index contributed by atoms with van der Waals surface area (Å²) in [6, 6.07) is 18.9. The van der Waals surface area contributed by atoms with Gasteiger partial charge in [-0.3, -0.25) is 4.57 Å². The summed E-state index contributed by atoms with van der Waals surface area (Å²) in [5.74, 6) is -1.44. The van der Waals surface area contributed by atoms with E-state index in [4.69, 9.17) is 14.0 Å². The van der Waals surface area contributed by atoms with Gasteiger partial charge in [-0.1, -0.05) is 60.7 Å². The van der Waals surface area contributed by atoms with Crippen LogP contribution in [0.5, 0.6) is 0 Å². The summed E-state index contributed by atoms with van der Waals surface area (Å²) >= 11 is 0. The Labute approximate surface area is 230 Å². The normalized spacial score (nSPS) is 16.3. The molecule has 1 amide bonds. The molecule has 39 heavy (non-hydrogen) atoms. The molecule has 9 nitrogen and oxygen atoms in total. The third kappa shape index (κ3) is 12.2. The Balaban J connectivity index is 1.39. The number of esters is 2. The van der Waals surface area contributed by atoms with Crippen molar-refractivity contribution in [3.63, 3.8) is 0 Å². The second-order valence-corrected chi connectivity index (χ2v) is 11.0. The molecule has 1 saturated heterocycles. The molecule has 1 aliphatic heterocycles. The van der Waals surface area contributed by atoms with E-state index in [-0.39, 0.29) is 13.0 Å². The number of hydrogen-bond donors (Lipinski definition) is 2. The average molecular weight is 559 g/mol. The van der Waals surface area contributed by atoms with Crippen LogP contribution in [-0.4, -0.2) is 49.4 Å². The molecule has 2 unspecified atom stereocenters. The van der Waals surface area contributed by atoms with Crippen molar-refractivity contribution in [1.82, 2.24) is 10.6 Å². The highest BCUT2D eigenvalue weighted by Gasteiger charge is 2.30. The molecule has 3 rings (SSSR count). The van der Waals surface area contributed by atoms with Gasteiger partial charge in [-0.2, -0.15) is 0 Å². The molecule has 3 atom stereocenters. The minimum absolute atomic E-state index is 0.179. The van der Waals surface area contributed by atoms with E-state index in [1.807, 2.05) is 48.5 Å². The zero-order valence-corrected chi connectivity index (χ0v) is 23.3. The maximum Gasteiger partial charge on any atom is 0.407 e. The Morgan fingerprint density at radius 2 is 1.67 bits per heavy atom. The van der Waals surface area contributed by atoms with Gasteiger partial charge in [0.2, 0.25) is 0 Å². The van der Waals surface area contributed by atoms with Crippen LogP contribution in [0.4, 0.5) is 4.79 Å². The monoisotopic (exact) mass is 558 g/mol. The maximum atomic E-state index is 12.7. The topological polar surface area (TPSA) is 120 Å². The Morgan fingerprint density at radius 3 is 2.36 bits per heavy atom. The van der Waals surface area contributed by atoms with E-state index in [0.717, 1.165) is 24.8 Å². The molecule has 10 heteroatoms. The fourth-order valence-electron chi connectivity index (χ4n) is 4.23. The van der Waals surface area contributed by atoms with Crippen molar-refractivity contribution in [2.45, 2.75) is 70.1 Å². The lowest BCUT2D eigenvalue weighted by Crippen LogP contribution is -2.37. The van der Waals surface area contributed by atoms with Crippen LogP contribution in [0, 0.1) is 0 Å². The smallest absolute Gasteiger partial charge is 0.407 e. The molecule has 0 aromatic heterocycles. The highest BCUT2D eigenvalue weighted by Crippen LogP contribution is 2.29. The zero-order chi connectivity index (χ0) is 27.7. The van der Waals surface area contributed by atoms with Crippen LogP contribution in [0.15, 0.2) is 60.7 Å². The van der Waals surface area contributed by atoms with E-state index >= 15 is 0 Å². The quantitative estimate of drug-likeness (QED) is 0.131. The Hall–Kier alpha value is -3.00. The number of nitrogens with one attached hydrogen (secondary N) is 2. The second-order valence-electron chi connectivity index (χ2n) is 9.54. The summed E-state index contributed by atoms with van der Waals surface area (Å²) in [4.78, 5) is 37.0. The van der Waals surface area contributed by atoms with E-state index < -0.39 is 38.2 Å². The van der Waals surface area contributed by atoms with Gasteiger partial charge >= 0.3 is 18.0 Å². The summed E-state index contributed by atoms with van der Waals surface area (Å²) in [6.07, 6.45) is 3.90. The molecule has 2 aromatic rings. The first kappa shape index (κ1) is 30.5. The lowest BCUT2D eigenvalue weighted by molar-refractivity contribution is -0.166. The van der Waals surface area contributed by atoms with Gasteiger partial charge in [0.25, 0.3) is 0 Å². The molecular weight excluding hydrogens is 519 g/mol. The van der Waals surface area contributed by atoms with E-state index in [2.05, 4.69) is 22.8 Å². The standard InChI is InChI=1S/C29H39N2O7P/c32-27(25-17-11-20-30-25)37-28(33)26(38-39(35)21-10-8-14-23-12-3-1-4-13-23)18-7-9-19-31-29(34)36-22-24-15-5-2-6-16-24/h1-6,12-13,15-16,25-26,30,39H,7-11,14,17-22H2,(H,31,34)/t25-,26?/m0/s1. The van der Waals surface area contributed by atoms with Crippen LogP contribution < -0.4 is 10.6 Å². The number of unbranched alkanes of at least 4 members (excludes halogenated alkanes) is 2. The van der Waals surface area contributed by atoms with Gasteiger partial charge < -0.3 is 24.6 Å². The molecule has 0 spiro atoms. The molecule has 1 heterocycles. The maximum absolute atomic E-state index is 12.7. The van der Waals surface area contributed by atoms with Gasteiger partial charge in [0, 0.05) is 12.7 Å². The predicted octanol–water partition coefficient (Wildman–Crippen LogP) is 4.79. The molecule has 0 saturated carbocycles. The third-order valence-electron chi connectivity index (χ3n) is 6.40. The fourth-order valence-corrected chi connectivity index (χ4v) is 5.41. The van der Waals surface area contributed by atoms with Crippen molar-refractivity contribution in [2.24, 2.45) is 0 Å². The minimum Gasteiger partial charge on any atom is -0.445 e. The first-order chi connectivity index (χ1) is 19.0. The summed E-state index contributed by atoms with van der Waals surface area (Å²) < 4.78 is 28.5. The SMILES string of the molecule is O=C(NCCCCC(O[PH](=O)CCCCc1ccccc1)C(=O)OC(=O)[C@@H]1CCCN1)OCc1ccccc1. The molecule has 1 fully saturated rings. The van der Waals surface area contributed by atoms with Crippen molar-refractivity contribution in [3.05, 3.63) is 71.8 Å². The van der Waals surface area contributed by atoms with Crippen LogP contribution in [0.25, 0.3) is 0 Å². The number of ether oxygens (including phenoxy) is 2. The van der Waals surface area contributed by atoms with Gasteiger partial charge in [0.15, 0.2) is 14.1 Å². The number of benzene rings is 2. The van der Waals surface area contributed by atoms with Crippen molar-refractivity contribution in [2.75, 3.05) is 19.3 Å². The molecule has 212 valence electrons. The summed E-state index contributed by atoms with van der Waals surface area (Å²) in [6.45, 7) is 1.22. The van der Waals surface area contributed by atoms with Gasteiger partial charge in [0.1, 0.15) is 12.6 Å². The van der Waals surface area contributed by atoms with Crippen LogP contribution in [0.1, 0.15) is 56.1 Å². The largest absolute Gasteiger partial charge is 0.445 e. The summed E-state index contributed by atoms with van der Waals surface area (Å²) in [5, 5.41) is 5.68. The minimum atomic E-state index is -2.50. The molecule has 0 aliphatic carbocycles. The van der Waals surface area contributed by atoms with E-state index in [1.54, 1.807) is 0 Å². The van der Waals surface area contributed by atoms with Gasteiger partial charge in [-0.05, 0) is 69.0 Å². The van der Waals surface area contributed by atoms with Crippen molar-refractivity contribution >= 4 is 26.1 Å². The van der Waals surface area contributed by atoms with Gasteiger partial charge in [-0.25, -0.2) is 14.4 Å². The molecule has 2 N–H and O–H groups in total. The fraction of sp³-hybridized carbons (Fsp3) is 0.483. The molecule has 1 aliphatic rings. The summed E-state index contributed by atoms with van der Waals surface area (Å²) in [7, 11) is -2.50. The first-order valence-corrected chi connectivity index (χ1v) is 15.2. The molecule has 0 radical (unpaired) electrons. The van der Waals surface area contributed by atoms with Crippen LogP contribution in [0.3, 0.4) is 0 Å². The average Bonchev–Trinajstić information content (AvgIpc) is 3.50. The van der Waals surface area contributed by atoms with E-state index in [1.165, 1.54) is 5.56 Å². The van der Waals surface area contributed by atoms with Crippen LogP contribution >= 0.6 is 8.03 Å². The van der Waals surface area contributed by atoms with Crippen molar-refractivity contribution in [1.29, 1.82) is 0 Å².